The van der Waals surface area contributed by atoms with Gasteiger partial charge < -0.3 is 25.2 Å². The number of amides is 2. The van der Waals surface area contributed by atoms with Crippen molar-refractivity contribution in [1.29, 1.82) is 0 Å². The zero-order chi connectivity index (χ0) is 26.6. The smallest absolute Gasteiger partial charge is 0.420 e. The van der Waals surface area contributed by atoms with Gasteiger partial charge in [-0.2, -0.15) is 13.2 Å². The zero-order valence-corrected chi connectivity index (χ0v) is 19.6. The molecular weight excluding hydrogens is 493 g/mol. The summed E-state index contributed by atoms with van der Waals surface area (Å²) in [6.07, 6.45) is -1.36. The molecule has 1 aromatic heterocycles. The van der Waals surface area contributed by atoms with E-state index in [-0.39, 0.29) is 42.2 Å². The van der Waals surface area contributed by atoms with Gasteiger partial charge >= 0.3 is 6.18 Å². The summed E-state index contributed by atoms with van der Waals surface area (Å²) >= 11 is 0. The van der Waals surface area contributed by atoms with Crippen LogP contribution in [-0.2, 0) is 17.5 Å². The first-order valence-electron chi connectivity index (χ1n) is 11.2. The molecule has 0 saturated heterocycles. The van der Waals surface area contributed by atoms with Gasteiger partial charge in [-0.3, -0.25) is 9.59 Å². The number of aliphatic hydroxyl groups is 1. The van der Waals surface area contributed by atoms with Gasteiger partial charge in [0.05, 0.1) is 18.8 Å². The van der Waals surface area contributed by atoms with Crippen LogP contribution in [-0.4, -0.2) is 45.6 Å². The fourth-order valence-electron chi connectivity index (χ4n) is 3.90. The summed E-state index contributed by atoms with van der Waals surface area (Å²) in [7, 11) is 1.27. The first-order chi connectivity index (χ1) is 17.6. The molecule has 1 heterocycles. The highest BCUT2D eigenvalue weighted by Gasteiger charge is 2.50. The van der Waals surface area contributed by atoms with E-state index in [1.165, 1.54) is 50.1 Å². The number of aliphatic hydroxyl groups excluding tert-OH is 1. The number of nitrogens with one attached hydrogen (secondary N) is 2. The van der Waals surface area contributed by atoms with Crippen LogP contribution in [0.1, 0.15) is 34.3 Å². The summed E-state index contributed by atoms with van der Waals surface area (Å²) in [5.41, 5.74) is -1.43. The maximum Gasteiger partial charge on any atom is 0.420 e. The molecule has 4 rings (SSSR count). The molecule has 1 aliphatic carbocycles. The predicted molar refractivity (Wildman–Crippen MR) is 124 cm³/mol. The third kappa shape index (κ3) is 5.97. The van der Waals surface area contributed by atoms with E-state index in [4.69, 9.17) is 9.47 Å². The van der Waals surface area contributed by atoms with Crippen molar-refractivity contribution >= 4 is 11.8 Å². The second-order valence-corrected chi connectivity index (χ2v) is 8.51. The lowest BCUT2D eigenvalue weighted by Gasteiger charge is -2.44. The standard InChI is InChI=1S/C25H23F3N4O5/c1-36-19-6-7-21(20(8-19)25(26,27)28)37-18-4-2-15(3-5-18)11-31-23(35)24(9-17(33)10-24)32-22(34)16-12-29-14-30-13-16/h2-8,12-14,17,33H,9-11H2,1H3,(H,31,35)(H,32,34). The Morgan fingerprint density at radius 1 is 1.08 bits per heavy atom. The molecule has 0 atom stereocenters. The first-order valence-corrected chi connectivity index (χ1v) is 11.2. The number of hydrogen-bond acceptors (Lipinski definition) is 7. The Balaban J connectivity index is 1.39. The minimum absolute atomic E-state index is 0.0500. The van der Waals surface area contributed by atoms with Crippen LogP contribution in [0.2, 0.25) is 0 Å². The molecule has 0 aliphatic heterocycles. The second-order valence-electron chi connectivity index (χ2n) is 8.51. The average Bonchev–Trinajstić information content (AvgIpc) is 2.87. The van der Waals surface area contributed by atoms with Gasteiger partial charge in [0, 0.05) is 31.8 Å². The van der Waals surface area contributed by atoms with Crippen LogP contribution in [0.25, 0.3) is 0 Å². The highest BCUT2D eigenvalue weighted by atomic mass is 19.4. The molecule has 0 bridgehead atoms. The van der Waals surface area contributed by atoms with Crippen molar-refractivity contribution in [2.75, 3.05) is 7.11 Å². The van der Waals surface area contributed by atoms with E-state index in [2.05, 4.69) is 20.6 Å². The molecule has 0 spiro atoms. The summed E-state index contributed by atoms with van der Waals surface area (Å²) in [6.45, 7) is 0.0810. The number of carbonyl (C=O) groups is 2. The molecular formula is C25H23F3N4O5. The number of ether oxygens (including phenoxy) is 2. The zero-order valence-electron chi connectivity index (χ0n) is 19.6. The van der Waals surface area contributed by atoms with E-state index < -0.39 is 35.2 Å². The monoisotopic (exact) mass is 516 g/mol. The summed E-state index contributed by atoms with van der Waals surface area (Å²) < 4.78 is 50.6. The fourth-order valence-corrected chi connectivity index (χ4v) is 3.90. The minimum atomic E-state index is -4.64. The van der Waals surface area contributed by atoms with Gasteiger partial charge in [-0.05, 0) is 35.9 Å². The van der Waals surface area contributed by atoms with Crippen LogP contribution in [0.15, 0.2) is 61.2 Å². The van der Waals surface area contributed by atoms with Crippen LogP contribution in [0, 0.1) is 0 Å². The minimum Gasteiger partial charge on any atom is -0.497 e. The van der Waals surface area contributed by atoms with E-state index in [0.29, 0.717) is 5.56 Å². The maximum absolute atomic E-state index is 13.4. The van der Waals surface area contributed by atoms with Gasteiger partial charge in [-0.25, -0.2) is 9.97 Å². The molecule has 1 saturated carbocycles. The molecule has 2 amide bonds. The lowest BCUT2D eigenvalue weighted by molar-refractivity contribution is -0.138. The lowest BCUT2D eigenvalue weighted by Crippen LogP contribution is -2.67. The molecule has 3 aromatic rings. The Bertz CT molecular complexity index is 1260. The molecule has 2 aromatic carbocycles. The third-order valence-corrected chi connectivity index (χ3v) is 5.87. The molecule has 1 aliphatic rings. The summed E-state index contributed by atoms with van der Waals surface area (Å²) in [6, 6.07) is 9.54. The van der Waals surface area contributed by atoms with E-state index in [1.54, 1.807) is 12.1 Å². The van der Waals surface area contributed by atoms with Gasteiger partial charge in [0.25, 0.3) is 5.91 Å². The molecule has 12 heteroatoms. The number of carbonyl (C=O) groups excluding carboxylic acids is 2. The van der Waals surface area contributed by atoms with Gasteiger partial charge in [0.1, 0.15) is 34.7 Å². The van der Waals surface area contributed by atoms with Crippen molar-refractivity contribution in [3.8, 4) is 17.2 Å². The van der Waals surface area contributed by atoms with Crippen molar-refractivity contribution < 1.29 is 37.3 Å². The van der Waals surface area contributed by atoms with Gasteiger partial charge in [0.15, 0.2) is 0 Å². The SMILES string of the molecule is COc1ccc(Oc2ccc(CNC(=O)C3(NC(=O)c4cncnc4)CC(O)C3)cc2)c(C(F)(F)F)c1. The Morgan fingerprint density at radius 3 is 2.32 bits per heavy atom. The molecule has 9 nitrogen and oxygen atoms in total. The van der Waals surface area contributed by atoms with Crippen LogP contribution in [0.4, 0.5) is 13.2 Å². The van der Waals surface area contributed by atoms with Crippen molar-refractivity contribution in [1.82, 2.24) is 20.6 Å². The number of alkyl halides is 3. The highest BCUT2D eigenvalue weighted by Crippen LogP contribution is 2.40. The van der Waals surface area contributed by atoms with Gasteiger partial charge in [-0.15, -0.1) is 0 Å². The number of rotatable bonds is 8. The number of nitrogens with zero attached hydrogens (tertiary/aromatic N) is 2. The summed E-state index contributed by atoms with van der Waals surface area (Å²) in [5, 5.41) is 15.2. The van der Waals surface area contributed by atoms with Crippen molar-refractivity contribution in [2.45, 2.75) is 37.2 Å². The Morgan fingerprint density at radius 2 is 1.73 bits per heavy atom. The molecule has 194 valence electrons. The van der Waals surface area contributed by atoms with Crippen molar-refractivity contribution in [2.24, 2.45) is 0 Å². The number of halogens is 3. The normalized spacial score (nSPS) is 18.9. The summed E-state index contributed by atoms with van der Waals surface area (Å²) in [5.74, 6) is -1.17. The molecule has 37 heavy (non-hydrogen) atoms. The summed E-state index contributed by atoms with van der Waals surface area (Å²) in [4.78, 5) is 33.0. The van der Waals surface area contributed by atoms with Crippen LogP contribution in [0.3, 0.4) is 0 Å². The van der Waals surface area contributed by atoms with E-state index in [0.717, 1.165) is 6.07 Å². The van der Waals surface area contributed by atoms with E-state index in [1.807, 2.05) is 0 Å². The van der Waals surface area contributed by atoms with Crippen molar-refractivity contribution in [3.05, 3.63) is 77.9 Å². The number of methoxy groups -OCH3 is 1. The largest absolute Gasteiger partial charge is 0.497 e. The van der Waals surface area contributed by atoms with Gasteiger partial charge in [0.2, 0.25) is 5.91 Å². The topological polar surface area (TPSA) is 123 Å². The predicted octanol–water partition coefficient (Wildman–Crippen LogP) is 3.24. The van der Waals surface area contributed by atoms with Crippen LogP contribution in [0.5, 0.6) is 17.2 Å². The second kappa shape index (κ2) is 10.4. The van der Waals surface area contributed by atoms with Gasteiger partial charge in [-0.1, -0.05) is 12.1 Å². The number of aromatic nitrogens is 2. The number of benzene rings is 2. The van der Waals surface area contributed by atoms with E-state index in [9.17, 15) is 27.9 Å². The third-order valence-electron chi connectivity index (χ3n) is 5.87. The average molecular weight is 516 g/mol. The molecule has 1 fully saturated rings. The number of hydrogen-bond donors (Lipinski definition) is 3. The Hall–Kier alpha value is -4.19. The lowest BCUT2D eigenvalue weighted by atomic mass is 9.73. The maximum atomic E-state index is 13.4. The Kier molecular flexibility index (Phi) is 7.30. The highest BCUT2D eigenvalue weighted by molar-refractivity contribution is 5.99. The first kappa shape index (κ1) is 25.9. The van der Waals surface area contributed by atoms with Crippen LogP contribution >= 0.6 is 0 Å². The fraction of sp³-hybridized carbons (Fsp3) is 0.280. The Labute approximate surface area is 209 Å². The molecule has 0 unspecified atom stereocenters. The van der Waals surface area contributed by atoms with Crippen molar-refractivity contribution in [3.63, 3.8) is 0 Å². The quantitative estimate of drug-likeness (QED) is 0.420. The van der Waals surface area contributed by atoms with Crippen LogP contribution < -0.4 is 20.1 Å². The van der Waals surface area contributed by atoms with E-state index >= 15 is 0 Å². The molecule has 3 N–H and O–H groups in total. The molecule has 0 radical (unpaired) electrons.